The monoisotopic (exact) mass is 399 g/mol. The van der Waals surface area contributed by atoms with Gasteiger partial charge in [-0.1, -0.05) is 48.5 Å². The number of hydrogen-bond acceptors (Lipinski definition) is 5. The number of nitrogens with one attached hydrogen (secondary N) is 1. The fourth-order valence-corrected chi connectivity index (χ4v) is 3.66. The molecule has 5 nitrogen and oxygen atoms in total. The lowest BCUT2D eigenvalue weighted by Gasteiger charge is -2.22. The van der Waals surface area contributed by atoms with Crippen molar-refractivity contribution in [3.63, 3.8) is 0 Å². The molecule has 4 rings (SSSR count). The third-order valence-corrected chi connectivity index (χ3v) is 5.09. The predicted molar refractivity (Wildman–Crippen MR) is 116 cm³/mol. The molecule has 0 radical (unpaired) electrons. The van der Waals surface area contributed by atoms with Gasteiger partial charge in [-0.2, -0.15) is 0 Å². The number of rotatable bonds is 7. The van der Waals surface area contributed by atoms with Crippen LogP contribution in [0.4, 0.5) is 11.4 Å². The molecule has 0 aromatic heterocycles. The van der Waals surface area contributed by atoms with E-state index in [9.17, 15) is 14.7 Å². The molecule has 0 spiro atoms. The van der Waals surface area contributed by atoms with Crippen LogP contribution < -0.4 is 5.32 Å². The number of ketones is 2. The number of carbonyl (C=O) groups excluding carboxylic acids is 2. The number of phenols is 1. The summed E-state index contributed by atoms with van der Waals surface area (Å²) in [7, 11) is 0. The quantitative estimate of drug-likeness (QED) is 0.269. The number of hydrogen-bond donors (Lipinski definition) is 2. The summed E-state index contributed by atoms with van der Waals surface area (Å²) in [5, 5.41) is 13.6. The van der Waals surface area contributed by atoms with Crippen molar-refractivity contribution in [3.05, 3.63) is 101 Å². The van der Waals surface area contributed by atoms with E-state index in [0.717, 1.165) is 11.3 Å². The highest BCUT2D eigenvalue weighted by Crippen LogP contribution is 2.38. The Kier molecular flexibility index (Phi) is 5.46. The van der Waals surface area contributed by atoms with E-state index in [1.165, 1.54) is 6.07 Å². The lowest BCUT2D eigenvalue weighted by Crippen LogP contribution is -2.22. The smallest absolute Gasteiger partial charge is 0.198 e. The molecule has 3 aromatic rings. The van der Waals surface area contributed by atoms with Gasteiger partial charge in [0.15, 0.2) is 11.6 Å². The normalized spacial score (nSPS) is 12.3. The lowest BCUT2D eigenvalue weighted by atomic mass is 9.82. The number of anilines is 2. The molecule has 150 valence electrons. The van der Waals surface area contributed by atoms with Gasteiger partial charge in [0.2, 0.25) is 0 Å². The average molecular weight is 399 g/mol. The summed E-state index contributed by atoms with van der Waals surface area (Å²) in [4.78, 5) is 26.2. The molecule has 30 heavy (non-hydrogen) atoms. The molecule has 0 heterocycles. The van der Waals surface area contributed by atoms with Gasteiger partial charge in [-0.3, -0.25) is 9.59 Å². The van der Waals surface area contributed by atoms with E-state index in [1.54, 1.807) is 36.4 Å². The van der Waals surface area contributed by atoms with Crippen LogP contribution in [0.1, 0.15) is 37.4 Å². The molecule has 0 fully saturated rings. The molecule has 1 aliphatic rings. The first kappa shape index (κ1) is 19.6. The Morgan fingerprint density at radius 1 is 0.867 bits per heavy atom. The first-order valence-electron chi connectivity index (χ1n) is 9.69. The van der Waals surface area contributed by atoms with Crippen molar-refractivity contribution in [2.75, 3.05) is 18.5 Å². The number of ether oxygens (including phenoxy) is 1. The predicted octanol–water partition coefficient (Wildman–Crippen LogP) is 4.66. The standard InChI is InChI=1S/C25H21NO4/c1-2-14-30-15-13-16-7-3-6-10-19(16)26-20-11-12-21(27)23-22(20)24(28)17-8-4-5-9-18(17)25(23)29/h2-12,26-27H,1,13-15H2. The first-order chi connectivity index (χ1) is 14.6. The molecule has 0 unspecified atom stereocenters. The zero-order chi connectivity index (χ0) is 21.1. The number of fused-ring (bicyclic) bond motifs is 2. The number of benzene rings is 3. The van der Waals surface area contributed by atoms with E-state index < -0.39 is 0 Å². The maximum absolute atomic E-state index is 13.2. The van der Waals surface area contributed by atoms with Gasteiger partial charge < -0.3 is 15.2 Å². The Morgan fingerprint density at radius 3 is 2.27 bits per heavy atom. The van der Waals surface area contributed by atoms with E-state index in [2.05, 4.69) is 11.9 Å². The number of aromatic hydroxyl groups is 1. The van der Waals surface area contributed by atoms with Crippen LogP contribution in [0.2, 0.25) is 0 Å². The SMILES string of the molecule is C=CCOCCc1ccccc1Nc1ccc(O)c2c1C(=O)c1ccccc1C2=O. The van der Waals surface area contributed by atoms with Crippen LogP contribution in [0.3, 0.4) is 0 Å². The van der Waals surface area contributed by atoms with Crippen LogP contribution in [0, 0.1) is 0 Å². The molecule has 0 amide bonds. The largest absolute Gasteiger partial charge is 0.507 e. The Morgan fingerprint density at radius 2 is 1.53 bits per heavy atom. The summed E-state index contributed by atoms with van der Waals surface area (Å²) in [6, 6.07) is 17.5. The van der Waals surface area contributed by atoms with Crippen LogP contribution >= 0.6 is 0 Å². The van der Waals surface area contributed by atoms with Gasteiger partial charge >= 0.3 is 0 Å². The summed E-state index contributed by atoms with van der Waals surface area (Å²) in [6.45, 7) is 4.65. The Hall–Kier alpha value is -3.70. The van der Waals surface area contributed by atoms with Crippen LogP contribution in [0.25, 0.3) is 0 Å². The van der Waals surface area contributed by atoms with E-state index >= 15 is 0 Å². The fourth-order valence-electron chi connectivity index (χ4n) is 3.66. The van der Waals surface area contributed by atoms with Crippen molar-refractivity contribution < 1.29 is 19.4 Å². The number of para-hydroxylation sites is 1. The van der Waals surface area contributed by atoms with Gasteiger partial charge in [0.1, 0.15) is 5.75 Å². The van der Waals surface area contributed by atoms with Gasteiger partial charge in [-0.05, 0) is 30.2 Å². The zero-order valence-corrected chi connectivity index (χ0v) is 16.4. The van der Waals surface area contributed by atoms with Gasteiger partial charge in [0.25, 0.3) is 0 Å². The summed E-state index contributed by atoms with van der Waals surface area (Å²) in [5.74, 6) is -0.840. The molecular weight excluding hydrogens is 378 g/mol. The molecule has 2 N–H and O–H groups in total. The zero-order valence-electron chi connectivity index (χ0n) is 16.4. The van der Waals surface area contributed by atoms with Gasteiger partial charge in [-0.15, -0.1) is 6.58 Å². The van der Waals surface area contributed by atoms with Crippen molar-refractivity contribution in [1.82, 2.24) is 0 Å². The molecule has 3 aromatic carbocycles. The van der Waals surface area contributed by atoms with Crippen molar-refractivity contribution >= 4 is 22.9 Å². The van der Waals surface area contributed by atoms with E-state index in [4.69, 9.17) is 4.74 Å². The minimum Gasteiger partial charge on any atom is -0.507 e. The maximum Gasteiger partial charge on any atom is 0.198 e. The average Bonchev–Trinajstić information content (AvgIpc) is 2.77. The Balaban J connectivity index is 1.72. The topological polar surface area (TPSA) is 75.6 Å². The highest BCUT2D eigenvalue weighted by molar-refractivity contribution is 6.31. The molecule has 1 aliphatic carbocycles. The van der Waals surface area contributed by atoms with Gasteiger partial charge in [-0.25, -0.2) is 0 Å². The summed E-state index contributed by atoms with van der Waals surface area (Å²) in [6.07, 6.45) is 2.38. The maximum atomic E-state index is 13.2. The molecular formula is C25H21NO4. The molecule has 0 atom stereocenters. The molecule has 0 saturated heterocycles. The molecule has 0 aliphatic heterocycles. The van der Waals surface area contributed by atoms with Gasteiger partial charge in [0.05, 0.1) is 30.0 Å². The molecule has 0 bridgehead atoms. The summed E-state index contributed by atoms with van der Waals surface area (Å²) >= 11 is 0. The second-order valence-electron chi connectivity index (χ2n) is 6.98. The molecule has 5 heteroatoms. The van der Waals surface area contributed by atoms with Crippen LogP contribution in [-0.4, -0.2) is 29.9 Å². The van der Waals surface area contributed by atoms with Gasteiger partial charge in [0, 0.05) is 16.8 Å². The lowest BCUT2D eigenvalue weighted by molar-refractivity contribution is 0.0977. The summed E-state index contributed by atoms with van der Waals surface area (Å²) in [5.41, 5.74) is 3.18. The second-order valence-corrected chi connectivity index (χ2v) is 6.98. The second kappa shape index (κ2) is 8.35. The third-order valence-electron chi connectivity index (χ3n) is 5.09. The Bertz CT molecular complexity index is 1150. The van der Waals surface area contributed by atoms with Crippen LogP contribution in [0.5, 0.6) is 5.75 Å². The Labute approximate surface area is 174 Å². The van der Waals surface area contributed by atoms with E-state index in [0.29, 0.717) is 36.4 Å². The van der Waals surface area contributed by atoms with Crippen molar-refractivity contribution in [3.8, 4) is 5.75 Å². The summed E-state index contributed by atoms with van der Waals surface area (Å²) < 4.78 is 5.49. The van der Waals surface area contributed by atoms with E-state index in [-0.39, 0.29) is 28.4 Å². The fraction of sp³-hybridized carbons (Fsp3) is 0.120. The minimum absolute atomic E-state index is 0.0375. The van der Waals surface area contributed by atoms with Crippen molar-refractivity contribution in [2.45, 2.75) is 6.42 Å². The van der Waals surface area contributed by atoms with Crippen molar-refractivity contribution in [2.24, 2.45) is 0 Å². The van der Waals surface area contributed by atoms with Crippen molar-refractivity contribution in [1.29, 1.82) is 0 Å². The minimum atomic E-state index is -0.354. The van der Waals surface area contributed by atoms with E-state index in [1.807, 2.05) is 24.3 Å². The number of phenolic OH excluding ortho intramolecular Hbond substituents is 1. The highest BCUT2D eigenvalue weighted by Gasteiger charge is 2.34. The third kappa shape index (κ3) is 3.51. The van der Waals surface area contributed by atoms with Crippen LogP contribution in [-0.2, 0) is 11.2 Å². The molecule has 0 saturated carbocycles. The van der Waals surface area contributed by atoms with Crippen LogP contribution in [0.15, 0.2) is 73.3 Å². The first-order valence-corrected chi connectivity index (χ1v) is 9.69. The number of carbonyl (C=O) groups is 2. The highest BCUT2D eigenvalue weighted by atomic mass is 16.5.